The van der Waals surface area contributed by atoms with Crippen molar-refractivity contribution in [2.24, 2.45) is 0 Å². The highest BCUT2D eigenvalue weighted by molar-refractivity contribution is 9.10. The highest BCUT2D eigenvalue weighted by Gasteiger charge is 2.23. The van der Waals surface area contributed by atoms with E-state index in [1.165, 1.54) is 6.08 Å². The Balaban J connectivity index is 1.66. The van der Waals surface area contributed by atoms with E-state index in [1.54, 1.807) is 22.7 Å². The molecule has 0 atom stereocenters. The van der Waals surface area contributed by atoms with Gasteiger partial charge in [0.1, 0.15) is 0 Å². The first-order chi connectivity index (χ1) is 12.8. The van der Waals surface area contributed by atoms with Gasteiger partial charge in [-0.15, -0.1) is 0 Å². The van der Waals surface area contributed by atoms with Crippen LogP contribution < -0.4 is 0 Å². The van der Waals surface area contributed by atoms with Crippen molar-refractivity contribution in [1.82, 2.24) is 4.90 Å². The van der Waals surface area contributed by atoms with Crippen molar-refractivity contribution < 1.29 is 13.2 Å². The first-order valence-electron chi connectivity index (χ1n) is 8.23. The lowest BCUT2D eigenvalue weighted by Crippen LogP contribution is -2.43. The van der Waals surface area contributed by atoms with Gasteiger partial charge in [-0.05, 0) is 51.8 Å². The Hall–Kier alpha value is -1.28. The maximum Gasteiger partial charge on any atom is 0.246 e. The van der Waals surface area contributed by atoms with E-state index in [2.05, 4.69) is 15.9 Å². The molecule has 0 aromatic heterocycles. The summed E-state index contributed by atoms with van der Waals surface area (Å²) in [7, 11) is -3.00. The average molecular weight is 487 g/mol. The highest BCUT2D eigenvalue weighted by atomic mass is 79.9. The fourth-order valence-corrected chi connectivity index (χ4v) is 5.43. The lowest BCUT2D eigenvalue weighted by molar-refractivity contribution is -0.125. The quantitative estimate of drug-likeness (QED) is 0.596. The lowest BCUT2D eigenvalue weighted by atomic mass is 10.2. The monoisotopic (exact) mass is 485 g/mol. The van der Waals surface area contributed by atoms with Crippen LogP contribution in [-0.4, -0.2) is 43.8 Å². The largest absolute Gasteiger partial charge is 0.337 e. The number of rotatable bonds is 4. The normalized spacial score (nSPS) is 16.6. The van der Waals surface area contributed by atoms with Gasteiger partial charge in [0.05, 0.1) is 16.5 Å². The summed E-state index contributed by atoms with van der Waals surface area (Å²) in [6.07, 6.45) is 3.16. The van der Waals surface area contributed by atoms with Gasteiger partial charge in [-0.3, -0.25) is 4.79 Å². The van der Waals surface area contributed by atoms with Crippen LogP contribution in [0, 0.1) is 0 Å². The number of carbonyl (C=O) groups excluding carboxylic acids is 1. The highest BCUT2D eigenvalue weighted by Crippen LogP contribution is 2.37. The number of hydrogen-bond donors (Lipinski definition) is 0. The second kappa shape index (κ2) is 8.82. The topological polar surface area (TPSA) is 54.5 Å². The second-order valence-electron chi connectivity index (χ2n) is 6.03. The van der Waals surface area contributed by atoms with Crippen molar-refractivity contribution in [3.8, 4) is 0 Å². The van der Waals surface area contributed by atoms with Gasteiger partial charge in [0, 0.05) is 33.4 Å². The Morgan fingerprint density at radius 1 is 1.11 bits per heavy atom. The third-order valence-corrected chi connectivity index (χ3v) is 8.23. The predicted octanol–water partition coefficient (Wildman–Crippen LogP) is 4.52. The van der Waals surface area contributed by atoms with Gasteiger partial charge >= 0.3 is 0 Å². The Morgan fingerprint density at radius 3 is 2.48 bits per heavy atom. The molecule has 0 aliphatic carbocycles. The van der Waals surface area contributed by atoms with Crippen LogP contribution in [0.25, 0.3) is 6.08 Å². The van der Waals surface area contributed by atoms with Crippen molar-refractivity contribution in [3.05, 3.63) is 63.6 Å². The van der Waals surface area contributed by atoms with E-state index in [4.69, 9.17) is 11.6 Å². The molecule has 8 heteroatoms. The predicted molar refractivity (Wildman–Crippen MR) is 114 cm³/mol. The molecule has 1 amide bonds. The minimum Gasteiger partial charge on any atom is -0.337 e. The first kappa shape index (κ1) is 20.5. The molecular formula is C19H17BrClNO3S2. The van der Waals surface area contributed by atoms with E-state index in [0.717, 1.165) is 19.8 Å². The minimum atomic E-state index is -3.00. The van der Waals surface area contributed by atoms with E-state index in [1.807, 2.05) is 42.5 Å². The molecule has 142 valence electrons. The molecule has 1 aliphatic heterocycles. The van der Waals surface area contributed by atoms with Crippen molar-refractivity contribution in [2.75, 3.05) is 24.6 Å². The van der Waals surface area contributed by atoms with Crippen molar-refractivity contribution >= 4 is 61.1 Å². The molecule has 0 radical (unpaired) electrons. The smallest absolute Gasteiger partial charge is 0.246 e. The van der Waals surface area contributed by atoms with Gasteiger partial charge in [0.15, 0.2) is 9.84 Å². The molecule has 0 bridgehead atoms. The SMILES string of the molecule is O=C(/C=C/c1ccc(Sc2ccccc2Br)c(Cl)c1)N1CCS(=O)(=O)CC1. The Kier molecular flexibility index (Phi) is 6.68. The summed E-state index contributed by atoms with van der Waals surface area (Å²) in [4.78, 5) is 15.8. The molecule has 0 unspecified atom stereocenters. The summed E-state index contributed by atoms with van der Waals surface area (Å²) in [6.45, 7) is 0.488. The summed E-state index contributed by atoms with van der Waals surface area (Å²) >= 11 is 11.5. The third-order valence-electron chi connectivity index (χ3n) is 4.09. The summed E-state index contributed by atoms with van der Waals surface area (Å²) in [5, 5.41) is 0.606. The summed E-state index contributed by atoms with van der Waals surface area (Å²) in [5.74, 6) is -0.133. The molecule has 3 rings (SSSR count). The van der Waals surface area contributed by atoms with E-state index in [9.17, 15) is 13.2 Å². The van der Waals surface area contributed by atoms with Crippen LogP contribution in [-0.2, 0) is 14.6 Å². The number of halogens is 2. The molecule has 0 saturated carbocycles. The fourth-order valence-electron chi connectivity index (χ4n) is 2.56. The van der Waals surface area contributed by atoms with Gasteiger partial charge in [-0.25, -0.2) is 8.42 Å². The fraction of sp³-hybridized carbons (Fsp3) is 0.211. The third kappa shape index (κ3) is 5.60. The molecule has 1 saturated heterocycles. The maximum absolute atomic E-state index is 12.2. The van der Waals surface area contributed by atoms with Crippen LogP contribution in [0.5, 0.6) is 0 Å². The molecule has 4 nitrogen and oxygen atoms in total. The van der Waals surface area contributed by atoms with Crippen molar-refractivity contribution in [1.29, 1.82) is 0 Å². The van der Waals surface area contributed by atoms with Crippen LogP contribution in [0.15, 0.2) is 62.8 Å². The number of carbonyl (C=O) groups is 1. The minimum absolute atomic E-state index is 0.0272. The molecular weight excluding hydrogens is 470 g/mol. The Labute approximate surface area is 176 Å². The number of nitrogens with zero attached hydrogens (tertiary/aromatic N) is 1. The van der Waals surface area contributed by atoms with E-state index >= 15 is 0 Å². The Bertz CT molecular complexity index is 978. The van der Waals surface area contributed by atoms with Gasteiger partial charge in [0.2, 0.25) is 5.91 Å². The molecule has 1 heterocycles. The molecule has 1 fully saturated rings. The van der Waals surface area contributed by atoms with Gasteiger partial charge < -0.3 is 4.90 Å². The zero-order valence-corrected chi connectivity index (χ0v) is 18.2. The van der Waals surface area contributed by atoms with E-state index in [0.29, 0.717) is 5.02 Å². The number of sulfone groups is 1. The van der Waals surface area contributed by atoms with Crippen molar-refractivity contribution in [2.45, 2.75) is 9.79 Å². The summed E-state index contributed by atoms with van der Waals surface area (Å²) in [5.41, 5.74) is 0.814. The Morgan fingerprint density at radius 2 is 1.81 bits per heavy atom. The molecule has 2 aromatic carbocycles. The standard InChI is InChI=1S/C19H17BrClNO3S2/c20-15-3-1-2-4-17(15)26-18-7-5-14(13-16(18)21)6-8-19(23)22-9-11-27(24,25)12-10-22/h1-8,13H,9-12H2/b8-6+. The lowest BCUT2D eigenvalue weighted by Gasteiger charge is -2.25. The van der Waals surface area contributed by atoms with Crippen LogP contribution in [0.2, 0.25) is 5.02 Å². The van der Waals surface area contributed by atoms with E-state index < -0.39 is 9.84 Å². The maximum atomic E-state index is 12.2. The van der Waals surface area contributed by atoms with E-state index in [-0.39, 0.29) is 30.5 Å². The van der Waals surface area contributed by atoms with Crippen LogP contribution >= 0.6 is 39.3 Å². The second-order valence-corrected chi connectivity index (χ2v) is 10.7. The van der Waals surface area contributed by atoms with Crippen LogP contribution in [0.3, 0.4) is 0 Å². The van der Waals surface area contributed by atoms with Gasteiger partial charge in [0.25, 0.3) is 0 Å². The number of amides is 1. The number of benzene rings is 2. The first-order valence-corrected chi connectivity index (χ1v) is 12.0. The van der Waals surface area contributed by atoms with Crippen molar-refractivity contribution in [3.63, 3.8) is 0 Å². The molecule has 0 N–H and O–H groups in total. The van der Waals surface area contributed by atoms with Gasteiger partial charge in [-0.1, -0.05) is 41.6 Å². The number of hydrogen-bond acceptors (Lipinski definition) is 4. The molecule has 1 aliphatic rings. The summed E-state index contributed by atoms with van der Waals surface area (Å²) in [6, 6.07) is 13.5. The van der Waals surface area contributed by atoms with Crippen LogP contribution in [0.4, 0.5) is 0 Å². The molecule has 2 aromatic rings. The van der Waals surface area contributed by atoms with Crippen LogP contribution in [0.1, 0.15) is 5.56 Å². The average Bonchev–Trinajstić information content (AvgIpc) is 2.63. The molecule has 0 spiro atoms. The zero-order chi connectivity index (χ0) is 19.4. The molecule has 27 heavy (non-hydrogen) atoms. The zero-order valence-electron chi connectivity index (χ0n) is 14.3. The summed E-state index contributed by atoms with van der Waals surface area (Å²) < 4.78 is 23.9. The van der Waals surface area contributed by atoms with Gasteiger partial charge in [-0.2, -0.15) is 0 Å².